The van der Waals surface area contributed by atoms with Gasteiger partial charge in [-0.15, -0.1) is 5.10 Å². The molecule has 1 unspecified atom stereocenters. The molecule has 0 spiro atoms. The van der Waals surface area contributed by atoms with E-state index in [0.717, 1.165) is 32.8 Å². The molecule has 2 aliphatic heterocycles. The van der Waals surface area contributed by atoms with Crippen molar-refractivity contribution < 1.29 is 4.79 Å². The average Bonchev–Trinajstić information content (AvgIpc) is 2.73. The number of amides is 1. The zero-order valence-electron chi connectivity index (χ0n) is 16.1. The second kappa shape index (κ2) is 9.09. The van der Waals surface area contributed by atoms with Crippen molar-refractivity contribution >= 4 is 44.5 Å². The summed E-state index contributed by atoms with van der Waals surface area (Å²) in [7, 11) is 0. The largest absolute Gasteiger partial charge is 0.298 e. The number of amidine groups is 1. The van der Waals surface area contributed by atoms with Crippen molar-refractivity contribution in [3.8, 4) is 0 Å². The number of rotatable bonds is 6. The summed E-state index contributed by atoms with van der Waals surface area (Å²) >= 11 is 5.08. The van der Waals surface area contributed by atoms with Gasteiger partial charge in [0.15, 0.2) is 11.3 Å². The number of halogens is 1. The average molecular weight is 472 g/mol. The zero-order chi connectivity index (χ0) is 20.2. The zero-order valence-corrected chi connectivity index (χ0v) is 18.5. The molecule has 3 heterocycles. The second-order valence-corrected chi connectivity index (χ2v) is 8.91. The van der Waals surface area contributed by atoms with E-state index in [4.69, 9.17) is 10.1 Å². The summed E-state index contributed by atoms with van der Waals surface area (Å²) in [4.78, 5) is 22.2. The van der Waals surface area contributed by atoms with E-state index in [9.17, 15) is 4.79 Å². The van der Waals surface area contributed by atoms with Crippen LogP contribution >= 0.6 is 27.7 Å². The predicted molar refractivity (Wildman–Crippen MR) is 119 cm³/mol. The molecule has 2 aromatic rings. The standard InChI is InChI=1S/C21H22BrN5OS/c1-2-3-4-5-11-29-21-25-20(28)18-16-12-15(22)8-9-17(16)24-19(27(18)26-21)14-7-6-10-23-13-14/h6-10,12-13,19H,2-5,11H2,1H3,(H,25,26,28). The maximum atomic E-state index is 13.1. The van der Waals surface area contributed by atoms with Crippen LogP contribution < -0.4 is 15.9 Å². The molecule has 2 aliphatic rings. The predicted octanol–water partition coefficient (Wildman–Crippen LogP) is 3.30. The van der Waals surface area contributed by atoms with Crippen molar-refractivity contribution in [2.24, 2.45) is 10.1 Å². The Morgan fingerprint density at radius 2 is 2.14 bits per heavy atom. The molecule has 0 bridgehead atoms. The maximum absolute atomic E-state index is 13.1. The second-order valence-electron chi connectivity index (χ2n) is 6.91. The first-order chi connectivity index (χ1) is 14.2. The molecule has 1 amide bonds. The van der Waals surface area contributed by atoms with Crippen LogP contribution in [-0.2, 0) is 4.79 Å². The van der Waals surface area contributed by atoms with Gasteiger partial charge >= 0.3 is 0 Å². The fourth-order valence-electron chi connectivity index (χ4n) is 3.36. The molecule has 1 aromatic carbocycles. The third-order valence-corrected chi connectivity index (χ3v) is 6.23. The van der Waals surface area contributed by atoms with Gasteiger partial charge in [-0.25, -0.2) is 5.01 Å². The van der Waals surface area contributed by atoms with E-state index >= 15 is 0 Å². The van der Waals surface area contributed by atoms with Crippen LogP contribution in [0.2, 0.25) is 0 Å². The Morgan fingerprint density at radius 3 is 2.93 bits per heavy atom. The highest BCUT2D eigenvalue weighted by Gasteiger charge is 2.34. The third kappa shape index (κ3) is 4.38. The fourth-order valence-corrected chi connectivity index (χ4v) is 4.57. The summed E-state index contributed by atoms with van der Waals surface area (Å²) in [6, 6.07) is 9.60. The molecule has 1 N–H and O–H groups in total. The van der Waals surface area contributed by atoms with Gasteiger partial charge in [0.05, 0.1) is 5.36 Å². The molecule has 6 nitrogen and oxygen atoms in total. The van der Waals surface area contributed by atoms with Crippen LogP contribution in [0.15, 0.2) is 57.3 Å². The first kappa shape index (κ1) is 20.1. The van der Waals surface area contributed by atoms with Crippen LogP contribution in [0.4, 0.5) is 0 Å². The van der Waals surface area contributed by atoms with Crippen LogP contribution in [0.1, 0.15) is 44.3 Å². The Kier molecular flexibility index (Phi) is 6.30. The minimum Gasteiger partial charge on any atom is -0.298 e. The number of fused-ring (bicyclic) bond motifs is 2. The fraction of sp³-hybridized carbons (Fsp3) is 0.333. The van der Waals surface area contributed by atoms with Gasteiger partial charge in [0, 0.05) is 33.4 Å². The summed E-state index contributed by atoms with van der Waals surface area (Å²) in [6.07, 6.45) is 7.82. The Hall–Kier alpha value is -2.19. The highest BCUT2D eigenvalue weighted by Crippen LogP contribution is 2.30. The normalized spacial score (nSPS) is 17.8. The highest BCUT2D eigenvalue weighted by atomic mass is 79.9. The van der Waals surface area contributed by atoms with Gasteiger partial charge in [0.25, 0.3) is 5.91 Å². The van der Waals surface area contributed by atoms with Gasteiger partial charge in [-0.3, -0.25) is 20.1 Å². The molecule has 0 aliphatic carbocycles. The maximum Gasteiger partial charge on any atom is 0.276 e. The summed E-state index contributed by atoms with van der Waals surface area (Å²) < 4.78 is 0.895. The Balaban J connectivity index is 1.72. The van der Waals surface area contributed by atoms with Gasteiger partial charge in [-0.2, -0.15) is 0 Å². The van der Waals surface area contributed by atoms with E-state index in [0.29, 0.717) is 10.9 Å². The molecular formula is C21H22BrN5OS. The van der Waals surface area contributed by atoms with Crippen LogP contribution in [-0.4, -0.2) is 26.8 Å². The lowest BCUT2D eigenvalue weighted by atomic mass is 10.1. The van der Waals surface area contributed by atoms with Crippen molar-refractivity contribution in [2.45, 2.75) is 38.8 Å². The number of carbonyl (C=O) groups is 1. The van der Waals surface area contributed by atoms with Crippen molar-refractivity contribution in [3.05, 3.63) is 63.3 Å². The first-order valence-electron chi connectivity index (χ1n) is 9.77. The number of hydrogen-bond acceptors (Lipinski definition) is 6. The number of benzene rings is 1. The van der Waals surface area contributed by atoms with Gasteiger partial charge in [0.2, 0.25) is 0 Å². The van der Waals surface area contributed by atoms with E-state index in [2.05, 4.69) is 33.2 Å². The molecular weight excluding hydrogens is 450 g/mol. The minimum absolute atomic E-state index is 0.154. The van der Waals surface area contributed by atoms with Gasteiger partial charge in [-0.1, -0.05) is 59.9 Å². The number of thioether (sulfide) groups is 1. The van der Waals surface area contributed by atoms with Crippen LogP contribution in [0, 0.1) is 0 Å². The molecule has 1 atom stereocenters. The number of carbonyl (C=O) groups excluding carboxylic acids is 1. The number of nitrogens with one attached hydrogen (secondary N) is 1. The Labute approximate surface area is 182 Å². The molecule has 29 heavy (non-hydrogen) atoms. The monoisotopic (exact) mass is 471 g/mol. The Morgan fingerprint density at radius 1 is 1.24 bits per heavy atom. The number of hydrazone groups is 1. The van der Waals surface area contributed by atoms with Crippen molar-refractivity contribution in [2.75, 3.05) is 5.75 Å². The van der Waals surface area contributed by atoms with Gasteiger partial charge < -0.3 is 0 Å². The topological polar surface area (TPSA) is 70.0 Å². The number of hydrogen-bond donors (Lipinski definition) is 1. The molecule has 8 heteroatoms. The van der Waals surface area contributed by atoms with Crippen LogP contribution in [0.3, 0.4) is 0 Å². The SMILES string of the molecule is CCCCCCSC1=NN2C(=c3cc(Br)ccc3=NC2c2cccnc2)C(=O)N1. The number of unbranched alkanes of at least 4 members (excludes halogenated alkanes) is 3. The van der Waals surface area contributed by atoms with E-state index in [1.54, 1.807) is 29.2 Å². The first-order valence-corrected chi connectivity index (χ1v) is 11.5. The summed E-state index contributed by atoms with van der Waals surface area (Å²) in [6.45, 7) is 2.20. The molecule has 0 fully saturated rings. The third-order valence-electron chi connectivity index (χ3n) is 4.79. The smallest absolute Gasteiger partial charge is 0.276 e. The highest BCUT2D eigenvalue weighted by molar-refractivity contribution is 9.10. The quantitative estimate of drug-likeness (QED) is 0.656. The van der Waals surface area contributed by atoms with Crippen LogP contribution in [0.25, 0.3) is 5.70 Å². The summed E-state index contributed by atoms with van der Waals surface area (Å²) in [5, 5.41) is 11.6. The Bertz CT molecular complexity index is 1060. The van der Waals surface area contributed by atoms with Gasteiger partial charge in [-0.05, 0) is 30.7 Å². The summed E-state index contributed by atoms with van der Waals surface area (Å²) in [5.41, 5.74) is 1.41. The van der Waals surface area contributed by atoms with Crippen LogP contribution in [0.5, 0.6) is 0 Å². The number of aromatic nitrogens is 1. The summed E-state index contributed by atoms with van der Waals surface area (Å²) in [5.74, 6) is 0.776. The molecule has 1 aromatic heterocycles. The number of nitrogens with zero attached hydrogens (tertiary/aromatic N) is 4. The van der Waals surface area contributed by atoms with E-state index in [-0.39, 0.29) is 5.91 Å². The number of pyridine rings is 1. The van der Waals surface area contributed by atoms with Gasteiger partial charge in [0.1, 0.15) is 5.70 Å². The van der Waals surface area contributed by atoms with Crippen molar-refractivity contribution in [3.63, 3.8) is 0 Å². The van der Waals surface area contributed by atoms with E-state index in [1.165, 1.54) is 19.3 Å². The van der Waals surface area contributed by atoms with E-state index < -0.39 is 6.17 Å². The minimum atomic E-state index is -0.422. The lowest BCUT2D eigenvalue weighted by Gasteiger charge is -2.34. The van der Waals surface area contributed by atoms with Crippen molar-refractivity contribution in [1.82, 2.24) is 15.3 Å². The van der Waals surface area contributed by atoms with E-state index in [1.807, 2.05) is 30.3 Å². The molecule has 0 radical (unpaired) electrons. The van der Waals surface area contributed by atoms with Crippen molar-refractivity contribution in [1.29, 1.82) is 0 Å². The molecule has 0 saturated carbocycles. The molecule has 0 saturated heterocycles. The lowest BCUT2D eigenvalue weighted by molar-refractivity contribution is -0.116. The lowest BCUT2D eigenvalue weighted by Crippen LogP contribution is -2.50. The molecule has 150 valence electrons. The molecule has 4 rings (SSSR count).